The largest absolute Gasteiger partial charge is 0.443 e. The highest BCUT2D eigenvalue weighted by molar-refractivity contribution is 5.88. The quantitative estimate of drug-likeness (QED) is 0.808. The van der Waals surface area contributed by atoms with Gasteiger partial charge in [-0.15, -0.1) is 0 Å². The Balaban J connectivity index is 1.98. The molecule has 0 radical (unpaired) electrons. The minimum absolute atomic E-state index is 0.366. The number of nitriles is 1. The third-order valence-electron chi connectivity index (χ3n) is 3.40. The van der Waals surface area contributed by atoms with E-state index in [9.17, 15) is 4.79 Å². The molecule has 1 aromatic heterocycles. The van der Waals surface area contributed by atoms with Crippen molar-refractivity contribution in [1.82, 2.24) is 9.78 Å². The van der Waals surface area contributed by atoms with E-state index in [1.807, 2.05) is 36.4 Å². The first-order chi connectivity index (χ1) is 10.2. The Morgan fingerprint density at radius 3 is 2.76 bits per heavy atom. The van der Waals surface area contributed by atoms with E-state index in [0.29, 0.717) is 11.6 Å². The van der Waals surface area contributed by atoms with Crippen LogP contribution in [0.4, 0.5) is 0 Å². The molecular weight excluding hydrogens is 266 g/mol. The molecule has 2 aromatic rings. The summed E-state index contributed by atoms with van der Waals surface area (Å²) in [4.78, 5) is 12.2. The molecule has 1 atom stereocenters. The van der Waals surface area contributed by atoms with E-state index >= 15 is 0 Å². The highest BCUT2D eigenvalue weighted by Gasteiger charge is 2.29. The lowest BCUT2D eigenvalue weighted by Crippen LogP contribution is -2.16. The lowest BCUT2D eigenvalue weighted by Gasteiger charge is -2.08. The monoisotopic (exact) mass is 281 g/mol. The summed E-state index contributed by atoms with van der Waals surface area (Å²) in [6.45, 7) is 1.54. The molecular formula is C16H15N3O2. The van der Waals surface area contributed by atoms with E-state index in [1.165, 1.54) is 0 Å². The van der Waals surface area contributed by atoms with Crippen LogP contribution in [0.3, 0.4) is 0 Å². The van der Waals surface area contributed by atoms with Gasteiger partial charge in [-0.3, -0.25) is 0 Å². The summed E-state index contributed by atoms with van der Waals surface area (Å²) < 4.78 is 6.70. The van der Waals surface area contributed by atoms with Crippen molar-refractivity contribution in [1.29, 1.82) is 5.26 Å². The number of hydrogen-bond acceptors (Lipinski definition) is 4. The van der Waals surface area contributed by atoms with E-state index in [-0.39, 0.29) is 0 Å². The van der Waals surface area contributed by atoms with E-state index in [4.69, 9.17) is 10.00 Å². The first-order valence-electron chi connectivity index (χ1n) is 6.95. The predicted octanol–water partition coefficient (Wildman–Crippen LogP) is 2.82. The number of rotatable bonds is 4. The Morgan fingerprint density at radius 1 is 1.43 bits per heavy atom. The van der Waals surface area contributed by atoms with Gasteiger partial charge in [0.05, 0.1) is 11.4 Å². The Labute approximate surface area is 122 Å². The average molecular weight is 281 g/mol. The maximum atomic E-state index is 12.2. The van der Waals surface area contributed by atoms with Gasteiger partial charge in [-0.25, -0.2) is 9.48 Å². The number of esters is 1. The van der Waals surface area contributed by atoms with Gasteiger partial charge in [-0.05, 0) is 38.0 Å². The third-order valence-corrected chi connectivity index (χ3v) is 3.40. The topological polar surface area (TPSA) is 67.9 Å². The smallest absolute Gasteiger partial charge is 0.358 e. The molecule has 0 spiro atoms. The van der Waals surface area contributed by atoms with E-state index in [1.54, 1.807) is 17.7 Å². The van der Waals surface area contributed by atoms with Gasteiger partial charge in [-0.1, -0.05) is 18.2 Å². The van der Waals surface area contributed by atoms with Crippen molar-refractivity contribution < 1.29 is 9.53 Å². The standard InChI is InChI=1S/C16H15N3O2/c1-11(10-17)21-16(20)15-9-14(12-7-8-12)18-19(15)13-5-3-2-4-6-13/h2-6,9,11-12H,7-8H2,1H3/t11-/m1/s1. The number of hydrogen-bond donors (Lipinski definition) is 0. The molecule has 0 bridgehead atoms. The number of carbonyl (C=O) groups excluding carboxylic acids is 1. The number of ether oxygens (including phenoxy) is 1. The Kier molecular flexibility index (Phi) is 3.44. The highest BCUT2D eigenvalue weighted by Crippen LogP contribution is 2.39. The fraction of sp³-hybridized carbons (Fsp3) is 0.312. The van der Waals surface area contributed by atoms with Gasteiger partial charge in [-0.2, -0.15) is 10.4 Å². The highest BCUT2D eigenvalue weighted by atomic mass is 16.5. The molecule has 1 fully saturated rings. The second-order valence-electron chi connectivity index (χ2n) is 5.15. The van der Waals surface area contributed by atoms with Crippen molar-refractivity contribution in [3.05, 3.63) is 47.8 Å². The minimum atomic E-state index is -0.777. The maximum Gasteiger partial charge on any atom is 0.358 e. The normalized spacial score (nSPS) is 15.2. The molecule has 0 aliphatic heterocycles. The molecule has 1 saturated carbocycles. The van der Waals surface area contributed by atoms with Crippen LogP contribution < -0.4 is 0 Å². The minimum Gasteiger partial charge on any atom is -0.443 e. The first kappa shape index (κ1) is 13.4. The van der Waals surface area contributed by atoms with Gasteiger partial charge in [0.1, 0.15) is 6.07 Å². The molecule has 0 N–H and O–H groups in total. The molecule has 3 rings (SSSR count). The summed E-state index contributed by atoms with van der Waals surface area (Å²) in [7, 11) is 0. The zero-order chi connectivity index (χ0) is 14.8. The summed E-state index contributed by atoms with van der Waals surface area (Å²) in [6, 6.07) is 13.1. The van der Waals surface area contributed by atoms with Crippen molar-refractivity contribution >= 4 is 5.97 Å². The van der Waals surface area contributed by atoms with Gasteiger partial charge in [0.2, 0.25) is 0 Å². The fourth-order valence-electron chi connectivity index (χ4n) is 2.14. The summed E-state index contributed by atoms with van der Waals surface area (Å²) >= 11 is 0. The second kappa shape index (κ2) is 5.41. The molecule has 0 unspecified atom stereocenters. The molecule has 106 valence electrons. The van der Waals surface area contributed by atoms with Crippen molar-refractivity contribution in [3.63, 3.8) is 0 Å². The lowest BCUT2D eigenvalue weighted by molar-refractivity contribution is 0.0424. The summed E-state index contributed by atoms with van der Waals surface area (Å²) in [5, 5.41) is 13.3. The van der Waals surface area contributed by atoms with Crippen LogP contribution in [0.1, 0.15) is 41.9 Å². The van der Waals surface area contributed by atoms with E-state index in [0.717, 1.165) is 24.2 Å². The summed E-state index contributed by atoms with van der Waals surface area (Å²) in [5.41, 5.74) is 2.08. The van der Waals surface area contributed by atoms with Gasteiger partial charge in [0.15, 0.2) is 11.8 Å². The Morgan fingerprint density at radius 2 is 2.14 bits per heavy atom. The van der Waals surface area contributed by atoms with Crippen LogP contribution in [-0.2, 0) is 4.74 Å². The van der Waals surface area contributed by atoms with Crippen LogP contribution in [0.5, 0.6) is 0 Å². The van der Waals surface area contributed by atoms with Crippen LogP contribution >= 0.6 is 0 Å². The van der Waals surface area contributed by atoms with Crippen LogP contribution in [0.2, 0.25) is 0 Å². The average Bonchev–Trinajstić information content (AvgIpc) is 3.26. The molecule has 5 heteroatoms. The van der Waals surface area contributed by atoms with Gasteiger partial charge < -0.3 is 4.74 Å². The van der Waals surface area contributed by atoms with E-state index < -0.39 is 12.1 Å². The molecule has 1 heterocycles. The number of para-hydroxylation sites is 1. The molecule has 1 aliphatic rings. The predicted molar refractivity (Wildman–Crippen MR) is 76.0 cm³/mol. The molecule has 0 amide bonds. The first-order valence-corrected chi connectivity index (χ1v) is 6.95. The zero-order valence-electron chi connectivity index (χ0n) is 11.7. The molecule has 5 nitrogen and oxygen atoms in total. The lowest BCUT2D eigenvalue weighted by atomic mass is 10.2. The summed E-state index contributed by atoms with van der Waals surface area (Å²) in [6.07, 6.45) is 1.44. The number of nitrogens with zero attached hydrogens (tertiary/aromatic N) is 3. The number of carbonyl (C=O) groups is 1. The van der Waals surface area contributed by atoms with Crippen molar-refractivity contribution in [2.45, 2.75) is 31.8 Å². The molecule has 21 heavy (non-hydrogen) atoms. The van der Waals surface area contributed by atoms with Crippen LogP contribution in [-0.4, -0.2) is 21.9 Å². The maximum absolute atomic E-state index is 12.2. The third kappa shape index (κ3) is 2.79. The van der Waals surface area contributed by atoms with Gasteiger partial charge in [0.25, 0.3) is 0 Å². The molecule has 1 aromatic carbocycles. The second-order valence-corrected chi connectivity index (χ2v) is 5.15. The molecule has 0 saturated heterocycles. The van der Waals surface area contributed by atoms with Crippen molar-refractivity contribution in [2.75, 3.05) is 0 Å². The van der Waals surface area contributed by atoms with Crippen molar-refractivity contribution in [3.8, 4) is 11.8 Å². The zero-order valence-corrected chi connectivity index (χ0v) is 11.7. The fourth-order valence-corrected chi connectivity index (χ4v) is 2.14. The molecule has 1 aliphatic carbocycles. The van der Waals surface area contributed by atoms with Gasteiger partial charge in [0, 0.05) is 5.92 Å². The van der Waals surface area contributed by atoms with Crippen LogP contribution in [0, 0.1) is 11.3 Å². The Hall–Kier alpha value is -2.61. The summed E-state index contributed by atoms with van der Waals surface area (Å²) in [5.74, 6) is -0.0813. The van der Waals surface area contributed by atoms with Crippen LogP contribution in [0.25, 0.3) is 5.69 Å². The number of benzene rings is 1. The van der Waals surface area contributed by atoms with E-state index in [2.05, 4.69) is 5.10 Å². The van der Waals surface area contributed by atoms with Crippen LogP contribution in [0.15, 0.2) is 36.4 Å². The Bertz CT molecular complexity index is 696. The number of aromatic nitrogens is 2. The van der Waals surface area contributed by atoms with Gasteiger partial charge >= 0.3 is 5.97 Å². The van der Waals surface area contributed by atoms with Crippen molar-refractivity contribution in [2.24, 2.45) is 0 Å². The SMILES string of the molecule is C[C@H](C#N)OC(=O)c1cc(C2CC2)nn1-c1ccccc1.